The third-order valence-corrected chi connectivity index (χ3v) is 4.08. The van der Waals surface area contributed by atoms with Crippen LogP contribution in [0.15, 0.2) is 41.0 Å². The molecule has 0 fully saturated rings. The van der Waals surface area contributed by atoms with Gasteiger partial charge in [0.25, 0.3) is 0 Å². The first kappa shape index (κ1) is 15.1. The zero-order valence-corrected chi connectivity index (χ0v) is 13.2. The van der Waals surface area contributed by atoms with Gasteiger partial charge in [0.2, 0.25) is 0 Å². The van der Waals surface area contributed by atoms with Crippen molar-refractivity contribution >= 4 is 15.9 Å². The summed E-state index contributed by atoms with van der Waals surface area (Å²) in [5, 5.41) is 3.26. The van der Waals surface area contributed by atoms with Crippen molar-refractivity contribution in [2.75, 3.05) is 7.05 Å². The van der Waals surface area contributed by atoms with E-state index in [1.165, 1.54) is 17.7 Å². The Morgan fingerprint density at radius 2 is 2.10 bits per heavy atom. The molecule has 1 unspecified atom stereocenters. The van der Waals surface area contributed by atoms with Crippen LogP contribution in [0, 0.1) is 5.82 Å². The van der Waals surface area contributed by atoms with Gasteiger partial charge in [0, 0.05) is 28.8 Å². The summed E-state index contributed by atoms with van der Waals surface area (Å²) in [7, 11) is 1.90. The van der Waals surface area contributed by atoms with Gasteiger partial charge < -0.3 is 5.32 Å². The minimum absolute atomic E-state index is 0.102. The second-order valence-corrected chi connectivity index (χ2v) is 5.58. The van der Waals surface area contributed by atoms with E-state index in [1.807, 2.05) is 13.2 Å². The van der Waals surface area contributed by atoms with Crippen molar-refractivity contribution in [3.8, 4) is 0 Å². The van der Waals surface area contributed by atoms with E-state index in [0.29, 0.717) is 0 Å². The minimum atomic E-state index is -0.235. The Kier molecular flexibility index (Phi) is 5.26. The molecule has 4 heteroatoms. The van der Waals surface area contributed by atoms with Crippen LogP contribution >= 0.6 is 15.9 Å². The third kappa shape index (κ3) is 3.64. The zero-order valence-electron chi connectivity index (χ0n) is 11.7. The second kappa shape index (κ2) is 6.95. The number of benzene rings is 1. The third-order valence-electron chi connectivity index (χ3n) is 3.39. The van der Waals surface area contributed by atoms with E-state index in [-0.39, 0.29) is 11.9 Å². The van der Waals surface area contributed by atoms with E-state index < -0.39 is 0 Å². The van der Waals surface area contributed by atoms with Gasteiger partial charge >= 0.3 is 0 Å². The first-order valence-electron chi connectivity index (χ1n) is 6.70. The van der Waals surface area contributed by atoms with Crippen LogP contribution in [0.2, 0.25) is 0 Å². The van der Waals surface area contributed by atoms with E-state index in [4.69, 9.17) is 0 Å². The molecule has 0 saturated heterocycles. The molecule has 2 aromatic rings. The molecule has 0 bridgehead atoms. The molecular weight excluding hydrogens is 319 g/mol. The average Bonchev–Trinajstić information content (AvgIpc) is 2.46. The van der Waals surface area contributed by atoms with Gasteiger partial charge in [-0.25, -0.2) is 4.39 Å². The topological polar surface area (TPSA) is 24.9 Å². The Bertz CT molecular complexity index is 569. The molecule has 1 N–H and O–H groups in total. The van der Waals surface area contributed by atoms with Crippen LogP contribution in [-0.4, -0.2) is 12.0 Å². The number of hydrogen-bond acceptors (Lipinski definition) is 2. The smallest absolute Gasteiger partial charge is 0.124 e. The van der Waals surface area contributed by atoms with Crippen LogP contribution in [0.25, 0.3) is 0 Å². The maximum absolute atomic E-state index is 13.2. The molecule has 20 heavy (non-hydrogen) atoms. The number of aryl methyl sites for hydroxylation is 1. The van der Waals surface area contributed by atoms with Crippen molar-refractivity contribution in [3.05, 3.63) is 63.6 Å². The Balaban J connectivity index is 2.19. The van der Waals surface area contributed by atoms with Crippen LogP contribution in [0.4, 0.5) is 4.39 Å². The molecular formula is C16H18BrFN2. The van der Waals surface area contributed by atoms with E-state index >= 15 is 0 Å². The molecule has 1 aromatic heterocycles. The van der Waals surface area contributed by atoms with Gasteiger partial charge in [0.15, 0.2) is 0 Å². The van der Waals surface area contributed by atoms with Crippen molar-refractivity contribution in [1.29, 1.82) is 0 Å². The molecule has 1 aromatic carbocycles. The quantitative estimate of drug-likeness (QED) is 0.890. The Morgan fingerprint density at radius 1 is 1.30 bits per heavy atom. The highest BCUT2D eigenvalue weighted by Crippen LogP contribution is 2.26. The molecule has 0 saturated carbocycles. The zero-order chi connectivity index (χ0) is 14.5. The molecule has 0 aliphatic heterocycles. The van der Waals surface area contributed by atoms with Crippen molar-refractivity contribution in [1.82, 2.24) is 10.3 Å². The van der Waals surface area contributed by atoms with Crippen molar-refractivity contribution in [2.45, 2.75) is 25.8 Å². The van der Waals surface area contributed by atoms with Gasteiger partial charge in [-0.05, 0) is 42.8 Å². The highest BCUT2D eigenvalue weighted by atomic mass is 79.9. The maximum Gasteiger partial charge on any atom is 0.124 e. The largest absolute Gasteiger partial charge is 0.313 e. The van der Waals surface area contributed by atoms with E-state index in [1.54, 1.807) is 6.07 Å². The number of nitrogens with zero attached hydrogens (tertiary/aromatic N) is 1. The molecule has 0 aliphatic rings. The van der Waals surface area contributed by atoms with Crippen LogP contribution in [0.3, 0.4) is 0 Å². The summed E-state index contributed by atoms with van der Waals surface area (Å²) in [6.45, 7) is 2.11. The van der Waals surface area contributed by atoms with Crippen molar-refractivity contribution in [3.63, 3.8) is 0 Å². The lowest BCUT2D eigenvalue weighted by molar-refractivity contribution is 0.576. The molecule has 106 valence electrons. The molecule has 0 aliphatic carbocycles. The molecule has 0 amide bonds. The fourth-order valence-electron chi connectivity index (χ4n) is 2.15. The van der Waals surface area contributed by atoms with Gasteiger partial charge in [-0.15, -0.1) is 0 Å². The summed E-state index contributed by atoms with van der Waals surface area (Å²) in [5.41, 5.74) is 3.30. The van der Waals surface area contributed by atoms with Crippen LogP contribution in [0.5, 0.6) is 0 Å². The lowest BCUT2D eigenvalue weighted by Gasteiger charge is -2.18. The lowest BCUT2D eigenvalue weighted by atomic mass is 10.0. The summed E-state index contributed by atoms with van der Waals surface area (Å²) in [4.78, 5) is 4.48. The van der Waals surface area contributed by atoms with Crippen LogP contribution < -0.4 is 5.32 Å². The summed E-state index contributed by atoms with van der Waals surface area (Å²) < 4.78 is 13.9. The van der Waals surface area contributed by atoms with Crippen LogP contribution in [0.1, 0.15) is 29.8 Å². The molecule has 2 rings (SSSR count). The lowest BCUT2D eigenvalue weighted by Crippen LogP contribution is -2.20. The Morgan fingerprint density at radius 3 is 2.65 bits per heavy atom. The number of rotatable bonds is 5. The number of pyridine rings is 1. The number of aromatic nitrogens is 1. The predicted molar refractivity (Wildman–Crippen MR) is 83.2 cm³/mol. The van der Waals surface area contributed by atoms with Crippen molar-refractivity contribution in [2.24, 2.45) is 0 Å². The van der Waals surface area contributed by atoms with E-state index in [9.17, 15) is 4.39 Å². The van der Waals surface area contributed by atoms with Gasteiger partial charge in [-0.3, -0.25) is 4.98 Å². The number of halogens is 2. The van der Waals surface area contributed by atoms with Gasteiger partial charge in [0.1, 0.15) is 5.82 Å². The van der Waals surface area contributed by atoms with E-state index in [2.05, 4.69) is 45.3 Å². The van der Waals surface area contributed by atoms with Gasteiger partial charge in [0.05, 0.1) is 0 Å². The van der Waals surface area contributed by atoms with E-state index in [0.717, 1.165) is 28.6 Å². The monoisotopic (exact) mass is 336 g/mol. The van der Waals surface area contributed by atoms with Gasteiger partial charge in [-0.2, -0.15) is 0 Å². The summed E-state index contributed by atoms with van der Waals surface area (Å²) in [5.74, 6) is -0.235. The molecule has 1 heterocycles. The first-order chi connectivity index (χ1) is 9.63. The van der Waals surface area contributed by atoms with Gasteiger partial charge in [-0.1, -0.05) is 35.0 Å². The second-order valence-electron chi connectivity index (χ2n) is 4.72. The van der Waals surface area contributed by atoms with Crippen LogP contribution in [-0.2, 0) is 12.8 Å². The molecule has 1 atom stereocenters. The maximum atomic E-state index is 13.2. The number of nitrogens with one attached hydrogen (secondary N) is 1. The molecule has 0 radical (unpaired) electrons. The number of likely N-dealkylation sites (N-methyl/N-ethyl adjacent to an activating group) is 1. The summed E-state index contributed by atoms with van der Waals surface area (Å²) in [6, 6.07) is 9.05. The molecule has 0 spiro atoms. The Hall–Kier alpha value is -1.26. The first-order valence-corrected chi connectivity index (χ1v) is 7.49. The number of hydrogen-bond donors (Lipinski definition) is 1. The summed E-state index contributed by atoms with van der Waals surface area (Å²) in [6.07, 6.45) is 3.68. The average molecular weight is 337 g/mol. The minimum Gasteiger partial charge on any atom is -0.313 e. The van der Waals surface area contributed by atoms with Crippen molar-refractivity contribution < 1.29 is 4.39 Å². The fraction of sp³-hybridized carbons (Fsp3) is 0.312. The fourth-order valence-corrected chi connectivity index (χ4v) is 2.77. The highest BCUT2D eigenvalue weighted by Gasteiger charge is 2.14. The standard InChI is InChI=1S/C16H18BrFN2/c1-3-11-4-6-13(20-10-11)9-16(19-2)14-7-5-12(18)8-15(14)17/h4-8,10,16,19H,3,9H2,1-2H3. The SMILES string of the molecule is CCc1ccc(CC(NC)c2ccc(F)cc2Br)nc1. The summed E-state index contributed by atoms with van der Waals surface area (Å²) >= 11 is 3.42. The Labute approximate surface area is 127 Å². The highest BCUT2D eigenvalue weighted by molar-refractivity contribution is 9.10. The predicted octanol–water partition coefficient (Wildman–Crippen LogP) is 4.05. The normalized spacial score (nSPS) is 12.4. The molecule has 2 nitrogen and oxygen atoms in total.